The molecule has 0 bridgehead atoms. The summed E-state index contributed by atoms with van der Waals surface area (Å²) in [6.45, 7) is 0.913. The van der Waals surface area contributed by atoms with Gasteiger partial charge in [-0.1, -0.05) is 22.0 Å². The number of benzene rings is 1. The molecule has 1 atom stereocenters. The van der Waals surface area contributed by atoms with Gasteiger partial charge in [-0.25, -0.2) is 0 Å². The fraction of sp³-hybridized carbons (Fsp3) is 0.385. The van der Waals surface area contributed by atoms with E-state index in [0.29, 0.717) is 6.04 Å². The molecule has 0 heterocycles. The lowest BCUT2D eigenvalue weighted by molar-refractivity contribution is 0.539. The largest absolute Gasteiger partial charge is 0.309 e. The van der Waals surface area contributed by atoms with Crippen LogP contribution in [0.25, 0.3) is 0 Å². The van der Waals surface area contributed by atoms with Crippen LogP contribution in [0.2, 0.25) is 0 Å². The fourth-order valence-electron chi connectivity index (χ4n) is 2.12. The Morgan fingerprint density at radius 2 is 2.40 bits per heavy atom. The summed E-state index contributed by atoms with van der Waals surface area (Å²) in [6, 6.07) is 7.04. The van der Waals surface area contributed by atoms with Gasteiger partial charge in [0.2, 0.25) is 0 Å². The van der Waals surface area contributed by atoms with Gasteiger partial charge in [0, 0.05) is 23.5 Å². The number of halogens is 1. The van der Waals surface area contributed by atoms with E-state index in [-0.39, 0.29) is 0 Å². The van der Waals surface area contributed by atoms with Crippen molar-refractivity contribution in [1.29, 1.82) is 0 Å². The Bertz CT molecular complexity index is 392. The highest BCUT2D eigenvalue weighted by atomic mass is 79.9. The van der Waals surface area contributed by atoms with Crippen LogP contribution in [-0.4, -0.2) is 6.54 Å². The summed E-state index contributed by atoms with van der Waals surface area (Å²) >= 11 is 3.50. The van der Waals surface area contributed by atoms with Crippen molar-refractivity contribution in [3.05, 3.63) is 33.8 Å². The molecule has 0 amide bonds. The van der Waals surface area contributed by atoms with Gasteiger partial charge >= 0.3 is 0 Å². The molecular formula is C13H14BrN. The van der Waals surface area contributed by atoms with Gasteiger partial charge in [0.15, 0.2) is 0 Å². The maximum Gasteiger partial charge on any atom is 0.0326 e. The Balaban J connectivity index is 2.05. The molecule has 0 radical (unpaired) electrons. The van der Waals surface area contributed by atoms with Crippen molar-refractivity contribution in [1.82, 2.24) is 5.32 Å². The lowest BCUT2D eigenvalue weighted by atomic mass is 10.1. The van der Waals surface area contributed by atoms with Crippen LogP contribution >= 0.6 is 15.9 Å². The SMILES string of the molecule is C#CCCNC1CCc2cc(Br)ccc21. The van der Waals surface area contributed by atoms with Crippen molar-refractivity contribution < 1.29 is 0 Å². The summed E-state index contributed by atoms with van der Waals surface area (Å²) in [7, 11) is 0. The van der Waals surface area contributed by atoms with Gasteiger partial charge in [0.25, 0.3) is 0 Å². The van der Waals surface area contributed by atoms with Crippen molar-refractivity contribution in [2.45, 2.75) is 25.3 Å². The number of terminal acetylenes is 1. The number of fused-ring (bicyclic) bond motifs is 1. The molecule has 1 aliphatic rings. The average Bonchev–Trinajstić information content (AvgIpc) is 2.61. The van der Waals surface area contributed by atoms with Gasteiger partial charge in [-0.3, -0.25) is 0 Å². The summed E-state index contributed by atoms with van der Waals surface area (Å²) in [4.78, 5) is 0. The first kappa shape index (κ1) is 10.7. The van der Waals surface area contributed by atoms with E-state index in [1.165, 1.54) is 28.4 Å². The summed E-state index contributed by atoms with van der Waals surface area (Å²) < 4.78 is 1.17. The third-order valence-corrected chi connectivity index (χ3v) is 3.34. The van der Waals surface area contributed by atoms with E-state index in [0.717, 1.165) is 13.0 Å². The number of hydrogen-bond acceptors (Lipinski definition) is 1. The van der Waals surface area contributed by atoms with Gasteiger partial charge < -0.3 is 5.32 Å². The minimum absolute atomic E-state index is 0.501. The van der Waals surface area contributed by atoms with Crippen LogP contribution in [0, 0.1) is 12.3 Å². The minimum Gasteiger partial charge on any atom is -0.309 e. The van der Waals surface area contributed by atoms with Crippen LogP contribution in [0.1, 0.15) is 30.0 Å². The van der Waals surface area contributed by atoms with Crippen molar-refractivity contribution >= 4 is 15.9 Å². The molecule has 1 aromatic rings. The molecule has 1 N–H and O–H groups in total. The predicted octanol–water partition coefficient (Wildman–Crippen LogP) is 3.05. The first-order valence-corrected chi connectivity index (χ1v) is 6.05. The highest BCUT2D eigenvalue weighted by Crippen LogP contribution is 2.32. The Morgan fingerprint density at radius 1 is 1.53 bits per heavy atom. The first-order chi connectivity index (χ1) is 7.31. The molecule has 0 saturated carbocycles. The second kappa shape index (κ2) is 4.83. The molecule has 1 unspecified atom stereocenters. The van der Waals surface area contributed by atoms with Gasteiger partial charge in [0.05, 0.1) is 0 Å². The van der Waals surface area contributed by atoms with E-state index in [1.54, 1.807) is 0 Å². The van der Waals surface area contributed by atoms with Gasteiger partial charge in [0.1, 0.15) is 0 Å². The van der Waals surface area contributed by atoms with E-state index < -0.39 is 0 Å². The summed E-state index contributed by atoms with van der Waals surface area (Å²) in [5.41, 5.74) is 2.90. The van der Waals surface area contributed by atoms with Gasteiger partial charge in [-0.2, -0.15) is 0 Å². The molecular weight excluding hydrogens is 250 g/mol. The molecule has 1 nitrogen and oxygen atoms in total. The molecule has 78 valence electrons. The Morgan fingerprint density at radius 3 is 3.20 bits per heavy atom. The van der Waals surface area contributed by atoms with Crippen LogP contribution < -0.4 is 5.32 Å². The zero-order chi connectivity index (χ0) is 10.7. The molecule has 0 spiro atoms. The summed E-state index contributed by atoms with van der Waals surface area (Å²) in [6.07, 6.45) is 8.40. The lowest BCUT2D eigenvalue weighted by Gasteiger charge is -2.12. The van der Waals surface area contributed by atoms with Crippen LogP contribution in [0.4, 0.5) is 0 Å². The molecule has 0 aliphatic heterocycles. The predicted molar refractivity (Wildman–Crippen MR) is 66.7 cm³/mol. The molecule has 2 heteroatoms. The van der Waals surface area contributed by atoms with Crippen molar-refractivity contribution in [3.8, 4) is 12.3 Å². The van der Waals surface area contributed by atoms with Crippen molar-refractivity contribution in [2.75, 3.05) is 6.54 Å². The molecule has 1 aliphatic carbocycles. The molecule has 0 aromatic heterocycles. The highest BCUT2D eigenvalue weighted by molar-refractivity contribution is 9.10. The van der Waals surface area contributed by atoms with Crippen LogP contribution in [0.3, 0.4) is 0 Å². The first-order valence-electron chi connectivity index (χ1n) is 5.26. The second-order valence-corrected chi connectivity index (χ2v) is 4.76. The topological polar surface area (TPSA) is 12.0 Å². The summed E-state index contributed by atoms with van der Waals surface area (Å²) in [5, 5.41) is 3.50. The monoisotopic (exact) mass is 263 g/mol. The maximum atomic E-state index is 5.23. The van der Waals surface area contributed by atoms with Gasteiger partial charge in [-0.15, -0.1) is 12.3 Å². The highest BCUT2D eigenvalue weighted by Gasteiger charge is 2.21. The Kier molecular flexibility index (Phi) is 3.45. The zero-order valence-electron chi connectivity index (χ0n) is 8.59. The molecule has 0 saturated heterocycles. The third kappa shape index (κ3) is 2.42. The van der Waals surface area contributed by atoms with E-state index in [9.17, 15) is 0 Å². The lowest BCUT2D eigenvalue weighted by Crippen LogP contribution is -2.19. The molecule has 1 aromatic carbocycles. The maximum absolute atomic E-state index is 5.23. The second-order valence-electron chi connectivity index (χ2n) is 3.84. The van der Waals surface area contributed by atoms with Gasteiger partial charge in [-0.05, 0) is 36.1 Å². The van der Waals surface area contributed by atoms with E-state index >= 15 is 0 Å². The minimum atomic E-state index is 0.501. The number of nitrogens with one attached hydrogen (secondary N) is 1. The molecule has 15 heavy (non-hydrogen) atoms. The smallest absolute Gasteiger partial charge is 0.0326 e. The zero-order valence-corrected chi connectivity index (χ0v) is 10.2. The van der Waals surface area contributed by atoms with Crippen molar-refractivity contribution in [2.24, 2.45) is 0 Å². The Labute approximate surface area is 99.4 Å². The molecule has 2 rings (SSSR count). The van der Waals surface area contributed by atoms with E-state index in [1.807, 2.05) is 0 Å². The number of hydrogen-bond donors (Lipinski definition) is 1. The normalized spacial score (nSPS) is 18.5. The van der Waals surface area contributed by atoms with Crippen molar-refractivity contribution in [3.63, 3.8) is 0 Å². The van der Waals surface area contributed by atoms with E-state index in [4.69, 9.17) is 6.42 Å². The molecule has 0 fully saturated rings. The Hall–Kier alpha value is -0.780. The quantitative estimate of drug-likeness (QED) is 0.653. The van der Waals surface area contributed by atoms with Crippen LogP contribution in [0.5, 0.6) is 0 Å². The number of aryl methyl sites for hydroxylation is 1. The van der Waals surface area contributed by atoms with E-state index in [2.05, 4.69) is 45.4 Å². The van der Waals surface area contributed by atoms with Crippen LogP contribution in [-0.2, 0) is 6.42 Å². The third-order valence-electron chi connectivity index (χ3n) is 2.84. The van der Waals surface area contributed by atoms with Crippen LogP contribution in [0.15, 0.2) is 22.7 Å². The fourth-order valence-corrected chi connectivity index (χ4v) is 2.53. The number of rotatable bonds is 3. The average molecular weight is 264 g/mol. The standard InChI is InChI=1S/C13H14BrN/c1-2-3-8-15-13-7-4-10-9-11(14)5-6-12(10)13/h1,5-6,9,13,15H,3-4,7-8H2. The summed E-state index contributed by atoms with van der Waals surface area (Å²) in [5.74, 6) is 2.65.